The van der Waals surface area contributed by atoms with Gasteiger partial charge >= 0.3 is 0 Å². The highest BCUT2D eigenvalue weighted by Gasteiger charge is 2.29. The van der Waals surface area contributed by atoms with Crippen molar-refractivity contribution in [2.45, 2.75) is 86.2 Å². The van der Waals surface area contributed by atoms with Crippen LogP contribution in [0, 0.1) is 6.92 Å². The van der Waals surface area contributed by atoms with Crippen molar-refractivity contribution in [2.24, 2.45) is 5.73 Å². The van der Waals surface area contributed by atoms with Gasteiger partial charge < -0.3 is 21.3 Å². The Labute approximate surface area is 235 Å². The van der Waals surface area contributed by atoms with Gasteiger partial charge in [0.1, 0.15) is 5.82 Å². The van der Waals surface area contributed by atoms with Gasteiger partial charge in [-0.2, -0.15) is 0 Å². The summed E-state index contributed by atoms with van der Waals surface area (Å²) >= 11 is 0. The third-order valence-electron chi connectivity index (χ3n) is 6.70. The highest BCUT2D eigenvalue weighted by molar-refractivity contribution is 5.94. The minimum Gasteiger partial charge on any atom is -0.385 e. The van der Waals surface area contributed by atoms with Crippen molar-refractivity contribution in [3.8, 4) is 0 Å². The summed E-state index contributed by atoms with van der Waals surface area (Å²) in [5, 5.41) is 7.98. The van der Waals surface area contributed by atoms with E-state index in [-0.39, 0.29) is 6.17 Å². The highest BCUT2D eigenvalue weighted by atomic mass is 15.2. The number of pyridine rings is 1. The van der Waals surface area contributed by atoms with E-state index in [2.05, 4.69) is 53.4 Å². The van der Waals surface area contributed by atoms with Crippen molar-refractivity contribution < 1.29 is 0 Å². The molecule has 1 unspecified atom stereocenters. The van der Waals surface area contributed by atoms with Gasteiger partial charge in [-0.1, -0.05) is 52.0 Å². The van der Waals surface area contributed by atoms with Crippen LogP contribution in [0.15, 0.2) is 54.6 Å². The van der Waals surface area contributed by atoms with Crippen LogP contribution in [-0.2, 0) is 0 Å². The molecule has 4 rings (SSSR count). The first kappa shape index (κ1) is 29.9. The zero-order valence-corrected chi connectivity index (χ0v) is 24.9. The maximum absolute atomic E-state index is 6.45. The number of nitrogens with two attached hydrogens (primary N) is 1. The molecule has 1 aliphatic rings. The van der Waals surface area contributed by atoms with E-state index in [1.807, 2.05) is 64.4 Å². The summed E-state index contributed by atoms with van der Waals surface area (Å²) < 4.78 is 0. The minimum atomic E-state index is -0.0570. The average molecular weight is 530 g/mol. The molecule has 0 bridgehead atoms. The van der Waals surface area contributed by atoms with Crippen molar-refractivity contribution in [3.05, 3.63) is 71.6 Å². The molecule has 0 amide bonds. The molecule has 1 atom stereocenters. The molecule has 7 heteroatoms. The maximum atomic E-state index is 6.45. The van der Waals surface area contributed by atoms with Crippen LogP contribution in [0.2, 0.25) is 0 Å². The number of nitrogens with one attached hydrogen (secondary N) is 2. The monoisotopic (exact) mass is 529 g/mol. The van der Waals surface area contributed by atoms with Crippen LogP contribution in [0.3, 0.4) is 0 Å². The molecule has 39 heavy (non-hydrogen) atoms. The standard InChI is InChI=1S/C30H41N7.C2H6/c1-6-15-37(16-7-2)30-28-24(23-13-14-23)18-32-19-26(28)35-29(36-30)22(8-3)17-27(31)34-21(5)33-25-12-10-9-11-20(25)4;1-2/h8-12,17-19,21,23,33-34H,6-7,13-16,31H2,1-5H3;1-2H3/b22-8+,27-17+;. The fraction of sp³-hybridized carbons (Fsp3) is 0.469. The lowest BCUT2D eigenvalue weighted by Crippen LogP contribution is -2.35. The first-order valence-corrected chi connectivity index (χ1v) is 14.6. The van der Waals surface area contributed by atoms with Crippen LogP contribution >= 0.6 is 0 Å². The number of allylic oxidation sites excluding steroid dienone is 3. The molecule has 1 aliphatic carbocycles. The lowest BCUT2D eigenvalue weighted by molar-refractivity contribution is 0.676. The summed E-state index contributed by atoms with van der Waals surface area (Å²) in [6.45, 7) is 16.5. The number of benzene rings is 1. The largest absolute Gasteiger partial charge is 0.385 e. The van der Waals surface area contributed by atoms with Crippen LogP contribution in [0.1, 0.15) is 90.1 Å². The molecule has 3 aromatic rings. The molecule has 0 radical (unpaired) electrons. The Morgan fingerprint density at radius 2 is 1.79 bits per heavy atom. The number of para-hydroxylation sites is 1. The Morgan fingerprint density at radius 1 is 1.10 bits per heavy atom. The van der Waals surface area contributed by atoms with E-state index >= 15 is 0 Å². The molecule has 1 saturated carbocycles. The van der Waals surface area contributed by atoms with E-state index in [9.17, 15) is 0 Å². The number of aryl methyl sites for hydroxylation is 1. The molecular weight excluding hydrogens is 482 g/mol. The molecular formula is C32H47N7. The molecule has 2 heterocycles. The Balaban J connectivity index is 0.00000205. The van der Waals surface area contributed by atoms with Crippen molar-refractivity contribution in [2.75, 3.05) is 23.3 Å². The van der Waals surface area contributed by atoms with Crippen molar-refractivity contribution in [3.63, 3.8) is 0 Å². The van der Waals surface area contributed by atoms with Gasteiger partial charge in [-0.3, -0.25) is 4.98 Å². The summed E-state index contributed by atoms with van der Waals surface area (Å²) in [4.78, 5) is 17.1. The second-order valence-electron chi connectivity index (χ2n) is 9.92. The third-order valence-corrected chi connectivity index (χ3v) is 6.70. The lowest BCUT2D eigenvalue weighted by atomic mass is 10.1. The fourth-order valence-corrected chi connectivity index (χ4v) is 4.75. The Kier molecular flexibility index (Phi) is 11.1. The zero-order valence-electron chi connectivity index (χ0n) is 24.9. The molecule has 4 N–H and O–H groups in total. The van der Waals surface area contributed by atoms with Crippen molar-refractivity contribution in [1.29, 1.82) is 0 Å². The number of aromatic nitrogens is 3. The number of anilines is 2. The van der Waals surface area contributed by atoms with Crippen LogP contribution in [0.4, 0.5) is 11.5 Å². The van der Waals surface area contributed by atoms with Crippen LogP contribution in [-0.4, -0.2) is 34.2 Å². The molecule has 210 valence electrons. The lowest BCUT2D eigenvalue weighted by Gasteiger charge is -2.25. The van der Waals surface area contributed by atoms with Gasteiger partial charge in [-0.05, 0) is 75.6 Å². The Morgan fingerprint density at radius 3 is 2.41 bits per heavy atom. The van der Waals surface area contributed by atoms with Gasteiger partial charge in [0.15, 0.2) is 5.82 Å². The van der Waals surface area contributed by atoms with Gasteiger partial charge in [0.25, 0.3) is 0 Å². The maximum Gasteiger partial charge on any atom is 0.162 e. The van der Waals surface area contributed by atoms with Gasteiger partial charge in [0.05, 0.1) is 23.7 Å². The molecule has 7 nitrogen and oxygen atoms in total. The average Bonchev–Trinajstić information content (AvgIpc) is 3.78. The molecule has 1 aromatic carbocycles. The number of fused-ring (bicyclic) bond motifs is 1. The zero-order chi connectivity index (χ0) is 28.4. The van der Waals surface area contributed by atoms with Crippen molar-refractivity contribution >= 4 is 28.0 Å². The van der Waals surface area contributed by atoms with Crippen LogP contribution in [0.25, 0.3) is 16.5 Å². The van der Waals surface area contributed by atoms with E-state index in [1.54, 1.807) is 0 Å². The highest BCUT2D eigenvalue weighted by Crippen LogP contribution is 2.44. The number of hydrogen-bond acceptors (Lipinski definition) is 7. The summed E-state index contributed by atoms with van der Waals surface area (Å²) in [7, 11) is 0. The van der Waals surface area contributed by atoms with E-state index < -0.39 is 0 Å². The molecule has 0 saturated heterocycles. The minimum absolute atomic E-state index is 0.0570. The number of rotatable bonds is 12. The van der Waals surface area contributed by atoms with Crippen molar-refractivity contribution in [1.82, 2.24) is 20.3 Å². The fourth-order valence-electron chi connectivity index (χ4n) is 4.75. The predicted molar refractivity (Wildman–Crippen MR) is 167 cm³/mol. The topological polar surface area (TPSA) is 92.0 Å². The second-order valence-corrected chi connectivity index (χ2v) is 9.92. The van der Waals surface area contributed by atoms with Gasteiger partial charge in [0, 0.05) is 35.9 Å². The molecule has 1 fully saturated rings. The van der Waals surface area contributed by atoms with E-state index in [1.165, 1.54) is 24.0 Å². The quantitative estimate of drug-likeness (QED) is 0.170. The first-order valence-electron chi connectivity index (χ1n) is 14.6. The first-order chi connectivity index (χ1) is 18.9. The van der Waals surface area contributed by atoms with Crippen LogP contribution < -0.4 is 21.3 Å². The molecule has 0 aliphatic heterocycles. The number of nitrogens with zero attached hydrogens (tertiary/aromatic N) is 4. The van der Waals surface area contributed by atoms with Gasteiger partial charge in [-0.25, -0.2) is 9.97 Å². The van der Waals surface area contributed by atoms with E-state index in [4.69, 9.17) is 15.7 Å². The second kappa shape index (κ2) is 14.5. The van der Waals surface area contributed by atoms with Crippen LogP contribution in [0.5, 0.6) is 0 Å². The SMILES string of the molecule is C/C=C(\C=C(/N)NC(C)Nc1ccccc1C)c1nc(N(CCC)CCC)c2c(C3CC3)cncc2n1.CC. The number of hydrogen-bond donors (Lipinski definition) is 3. The summed E-state index contributed by atoms with van der Waals surface area (Å²) in [6, 6.07) is 8.22. The van der Waals surface area contributed by atoms with E-state index in [0.717, 1.165) is 53.9 Å². The summed E-state index contributed by atoms with van der Waals surface area (Å²) in [6.07, 6.45) is 12.3. The predicted octanol–water partition coefficient (Wildman–Crippen LogP) is 7.11. The third kappa shape index (κ3) is 7.71. The van der Waals surface area contributed by atoms with E-state index in [0.29, 0.717) is 17.6 Å². The smallest absolute Gasteiger partial charge is 0.162 e. The van der Waals surface area contributed by atoms with Gasteiger partial charge in [0.2, 0.25) is 0 Å². The van der Waals surface area contributed by atoms with Gasteiger partial charge in [-0.15, -0.1) is 0 Å². The Hall–Kier alpha value is -3.61. The normalized spacial score (nSPS) is 14.4. The molecule has 2 aromatic heterocycles. The Bertz CT molecular complexity index is 1270. The summed E-state index contributed by atoms with van der Waals surface area (Å²) in [5.74, 6) is 2.80. The molecule has 0 spiro atoms. The summed E-state index contributed by atoms with van der Waals surface area (Å²) in [5.41, 5.74) is 11.8.